The maximum Gasteiger partial charge on any atom is 0.252 e. The fraction of sp³-hybridized carbons (Fsp3) is 0.500. The number of rotatable bonds is 4. The maximum atomic E-state index is 11.9. The first-order valence-corrected chi connectivity index (χ1v) is 5.78. The lowest BCUT2D eigenvalue weighted by atomic mass is 10.0. The molecule has 1 saturated heterocycles. The van der Waals surface area contributed by atoms with E-state index in [0.29, 0.717) is 31.1 Å². The second kappa shape index (κ2) is 5.32. The number of nitrogen functional groups attached to an aromatic ring is 1. The minimum atomic E-state index is -0.406. The van der Waals surface area contributed by atoms with E-state index in [0.717, 1.165) is 6.42 Å². The van der Waals surface area contributed by atoms with E-state index in [1.807, 2.05) is 0 Å². The number of pyridine rings is 1. The van der Waals surface area contributed by atoms with Crippen molar-refractivity contribution < 1.29 is 14.3 Å². The number of aromatic nitrogens is 1. The molecule has 3 N–H and O–H groups in total. The third-order valence-electron chi connectivity index (χ3n) is 3.12. The van der Waals surface area contributed by atoms with E-state index in [2.05, 4.69) is 10.3 Å². The maximum absolute atomic E-state index is 11.9. The highest BCUT2D eigenvalue weighted by molar-refractivity contribution is 5.94. The number of methoxy groups -OCH3 is 1. The summed E-state index contributed by atoms with van der Waals surface area (Å²) in [5.74, 6) is 0.204. The number of hydrogen-bond acceptors (Lipinski definition) is 5. The zero-order valence-electron chi connectivity index (χ0n) is 10.3. The lowest BCUT2D eigenvalue weighted by Gasteiger charge is -2.25. The van der Waals surface area contributed by atoms with E-state index in [1.165, 1.54) is 6.20 Å². The lowest BCUT2D eigenvalue weighted by molar-refractivity contribution is -0.0148. The molecule has 1 amide bonds. The number of carbonyl (C=O) groups is 1. The monoisotopic (exact) mass is 251 g/mol. The summed E-state index contributed by atoms with van der Waals surface area (Å²) in [6.07, 6.45) is 2.24. The predicted molar refractivity (Wildman–Crippen MR) is 66.2 cm³/mol. The quantitative estimate of drug-likeness (QED) is 0.798. The number of nitrogens with two attached hydrogens (primary N) is 1. The molecule has 2 heterocycles. The molecule has 1 aliphatic heterocycles. The van der Waals surface area contributed by atoms with Crippen molar-refractivity contribution in [1.29, 1.82) is 0 Å². The van der Waals surface area contributed by atoms with Crippen LogP contribution in [0.25, 0.3) is 0 Å². The molecule has 0 radical (unpaired) electrons. The largest absolute Gasteiger partial charge is 0.384 e. The Balaban J connectivity index is 1.93. The number of hydrogen-bond donors (Lipinski definition) is 2. The van der Waals surface area contributed by atoms with Crippen molar-refractivity contribution >= 4 is 11.7 Å². The Morgan fingerprint density at radius 2 is 2.50 bits per heavy atom. The molecule has 1 aromatic rings. The van der Waals surface area contributed by atoms with Gasteiger partial charge in [-0.05, 0) is 12.1 Å². The number of amides is 1. The highest BCUT2D eigenvalue weighted by Crippen LogP contribution is 2.21. The van der Waals surface area contributed by atoms with Gasteiger partial charge in [0.1, 0.15) is 11.4 Å². The Morgan fingerprint density at radius 3 is 3.06 bits per heavy atom. The van der Waals surface area contributed by atoms with E-state index in [-0.39, 0.29) is 5.91 Å². The molecule has 1 unspecified atom stereocenters. The SMILES string of the molecule is COC1(CNC(=O)c2ccc(N)nc2)CCOC1. The molecule has 1 atom stereocenters. The molecule has 0 bridgehead atoms. The minimum absolute atomic E-state index is 0.189. The molecule has 1 fully saturated rings. The molecule has 1 aliphatic rings. The zero-order valence-corrected chi connectivity index (χ0v) is 10.3. The normalized spacial score (nSPS) is 22.9. The molecule has 0 aromatic carbocycles. The van der Waals surface area contributed by atoms with Crippen molar-refractivity contribution in [2.45, 2.75) is 12.0 Å². The van der Waals surface area contributed by atoms with Gasteiger partial charge in [-0.3, -0.25) is 4.79 Å². The van der Waals surface area contributed by atoms with E-state index in [4.69, 9.17) is 15.2 Å². The average molecular weight is 251 g/mol. The van der Waals surface area contributed by atoms with Gasteiger partial charge in [0.15, 0.2) is 0 Å². The molecule has 0 saturated carbocycles. The van der Waals surface area contributed by atoms with Gasteiger partial charge < -0.3 is 20.5 Å². The molecular weight excluding hydrogens is 234 g/mol. The molecule has 1 aromatic heterocycles. The van der Waals surface area contributed by atoms with Crippen LogP contribution in [0.2, 0.25) is 0 Å². The highest BCUT2D eigenvalue weighted by atomic mass is 16.5. The van der Waals surface area contributed by atoms with Crippen LogP contribution in [0.15, 0.2) is 18.3 Å². The fourth-order valence-electron chi connectivity index (χ4n) is 1.84. The third-order valence-corrected chi connectivity index (χ3v) is 3.12. The van der Waals surface area contributed by atoms with Crippen LogP contribution in [0.3, 0.4) is 0 Å². The summed E-state index contributed by atoms with van der Waals surface area (Å²) in [4.78, 5) is 15.8. The second-order valence-electron chi connectivity index (χ2n) is 4.34. The van der Waals surface area contributed by atoms with Crippen LogP contribution < -0.4 is 11.1 Å². The van der Waals surface area contributed by atoms with Crippen LogP contribution >= 0.6 is 0 Å². The molecule has 6 nitrogen and oxygen atoms in total. The van der Waals surface area contributed by atoms with Gasteiger partial charge in [-0.2, -0.15) is 0 Å². The average Bonchev–Trinajstić information content (AvgIpc) is 2.86. The molecule has 2 rings (SSSR count). The Morgan fingerprint density at radius 1 is 1.67 bits per heavy atom. The zero-order chi connectivity index (χ0) is 13.0. The van der Waals surface area contributed by atoms with E-state index in [9.17, 15) is 4.79 Å². The van der Waals surface area contributed by atoms with Crippen LogP contribution in [0.1, 0.15) is 16.8 Å². The molecule has 0 spiro atoms. The first-order valence-electron chi connectivity index (χ1n) is 5.78. The van der Waals surface area contributed by atoms with Gasteiger partial charge in [0.05, 0.1) is 12.2 Å². The third kappa shape index (κ3) is 2.77. The van der Waals surface area contributed by atoms with Crippen molar-refractivity contribution in [1.82, 2.24) is 10.3 Å². The van der Waals surface area contributed by atoms with Crippen molar-refractivity contribution in [3.63, 3.8) is 0 Å². The first-order chi connectivity index (χ1) is 8.65. The molecule has 6 heteroatoms. The van der Waals surface area contributed by atoms with Crippen molar-refractivity contribution in [2.24, 2.45) is 0 Å². The standard InChI is InChI=1S/C12H17N3O3/c1-17-12(4-5-18-8-12)7-15-11(16)9-2-3-10(13)14-6-9/h2-3,6H,4-5,7-8H2,1H3,(H2,13,14)(H,15,16). The lowest BCUT2D eigenvalue weighted by Crippen LogP contribution is -2.45. The molecule has 0 aliphatic carbocycles. The predicted octanol–water partition coefficient (Wildman–Crippen LogP) is 0.199. The summed E-state index contributed by atoms with van der Waals surface area (Å²) in [5.41, 5.74) is 5.54. The van der Waals surface area contributed by atoms with Crippen LogP contribution in [0.4, 0.5) is 5.82 Å². The minimum Gasteiger partial charge on any atom is -0.384 e. The van der Waals surface area contributed by atoms with Crippen LogP contribution in [0, 0.1) is 0 Å². The number of anilines is 1. The Kier molecular flexibility index (Phi) is 3.78. The highest BCUT2D eigenvalue weighted by Gasteiger charge is 2.35. The van der Waals surface area contributed by atoms with Crippen LogP contribution in [-0.4, -0.2) is 43.4 Å². The summed E-state index contributed by atoms with van der Waals surface area (Å²) >= 11 is 0. The van der Waals surface area contributed by atoms with E-state index in [1.54, 1.807) is 19.2 Å². The number of nitrogens with zero attached hydrogens (tertiary/aromatic N) is 1. The molecular formula is C12H17N3O3. The smallest absolute Gasteiger partial charge is 0.252 e. The summed E-state index contributed by atoms with van der Waals surface area (Å²) in [5, 5.41) is 2.83. The van der Waals surface area contributed by atoms with Gasteiger partial charge >= 0.3 is 0 Å². The van der Waals surface area contributed by atoms with Crippen molar-refractivity contribution in [3.05, 3.63) is 23.9 Å². The Labute approximate surface area is 105 Å². The first kappa shape index (κ1) is 12.8. The molecule has 98 valence electrons. The van der Waals surface area contributed by atoms with Gasteiger partial charge in [0, 0.05) is 32.9 Å². The topological polar surface area (TPSA) is 86.5 Å². The van der Waals surface area contributed by atoms with Gasteiger partial charge in [-0.1, -0.05) is 0 Å². The van der Waals surface area contributed by atoms with Crippen molar-refractivity contribution in [3.8, 4) is 0 Å². The Hall–Kier alpha value is -1.66. The van der Waals surface area contributed by atoms with Gasteiger partial charge in [-0.15, -0.1) is 0 Å². The van der Waals surface area contributed by atoms with E-state index < -0.39 is 5.60 Å². The summed E-state index contributed by atoms with van der Waals surface area (Å²) < 4.78 is 10.7. The van der Waals surface area contributed by atoms with Gasteiger partial charge in [0.25, 0.3) is 5.91 Å². The summed E-state index contributed by atoms with van der Waals surface area (Å²) in [6, 6.07) is 3.24. The van der Waals surface area contributed by atoms with Crippen LogP contribution in [-0.2, 0) is 9.47 Å². The summed E-state index contributed by atoms with van der Waals surface area (Å²) in [7, 11) is 1.63. The Bertz CT molecular complexity index is 413. The summed E-state index contributed by atoms with van der Waals surface area (Å²) in [6.45, 7) is 1.59. The number of carbonyl (C=O) groups excluding carboxylic acids is 1. The fourth-order valence-corrected chi connectivity index (χ4v) is 1.84. The number of nitrogens with one attached hydrogen (secondary N) is 1. The van der Waals surface area contributed by atoms with E-state index >= 15 is 0 Å². The van der Waals surface area contributed by atoms with Crippen molar-refractivity contribution in [2.75, 3.05) is 32.6 Å². The molecule has 18 heavy (non-hydrogen) atoms. The van der Waals surface area contributed by atoms with Crippen LogP contribution in [0.5, 0.6) is 0 Å². The van der Waals surface area contributed by atoms with Gasteiger partial charge in [-0.25, -0.2) is 4.98 Å². The van der Waals surface area contributed by atoms with Gasteiger partial charge in [0.2, 0.25) is 0 Å². The number of ether oxygens (including phenoxy) is 2. The second-order valence-corrected chi connectivity index (χ2v) is 4.34.